The highest BCUT2D eigenvalue weighted by Gasteiger charge is 2.26. The molecule has 2 heterocycles. The predicted octanol–water partition coefficient (Wildman–Crippen LogP) is 5.02. The second-order valence-corrected chi connectivity index (χ2v) is 17.1. The second kappa shape index (κ2) is 10.7. The van der Waals surface area contributed by atoms with E-state index in [4.69, 9.17) is 10.5 Å². The molecule has 6 nitrogen and oxygen atoms in total. The lowest BCUT2D eigenvalue weighted by Gasteiger charge is -2.02. The molecular weight excluding hydrogens is 536 g/mol. The van der Waals surface area contributed by atoms with E-state index >= 15 is 0 Å². The molecular formula is C23H23BrN4O2S2Si. The maximum absolute atomic E-state index is 12.0. The number of hydrogen-bond acceptors (Lipinski definition) is 6. The summed E-state index contributed by atoms with van der Waals surface area (Å²) >= 11 is 5.85. The van der Waals surface area contributed by atoms with E-state index < -0.39 is 8.07 Å². The van der Waals surface area contributed by atoms with Crippen molar-refractivity contribution in [3.63, 3.8) is 0 Å². The molecule has 0 aliphatic heterocycles. The summed E-state index contributed by atoms with van der Waals surface area (Å²) in [6.07, 6.45) is 4.19. The van der Waals surface area contributed by atoms with Gasteiger partial charge in [-0.05, 0) is 53.7 Å². The predicted molar refractivity (Wildman–Crippen MR) is 137 cm³/mol. The van der Waals surface area contributed by atoms with Crippen molar-refractivity contribution < 1.29 is 9.59 Å². The summed E-state index contributed by atoms with van der Waals surface area (Å²) in [5.41, 5.74) is 4.21. The molecule has 2 N–H and O–H groups in total. The second-order valence-electron chi connectivity index (χ2n) is 8.87. The molecule has 170 valence electrons. The summed E-state index contributed by atoms with van der Waals surface area (Å²) < 4.78 is 0.815. The number of thiophene rings is 2. The third-order valence-electron chi connectivity index (χ3n) is 4.51. The van der Waals surface area contributed by atoms with Crippen LogP contribution in [0.2, 0.25) is 19.6 Å². The minimum Gasteiger partial charge on any atom is -0.349 e. The molecule has 10 heteroatoms. The van der Waals surface area contributed by atoms with Gasteiger partial charge in [-0.25, -0.2) is 0 Å². The van der Waals surface area contributed by atoms with Crippen LogP contribution in [0.1, 0.15) is 61.0 Å². The lowest BCUT2D eigenvalue weighted by molar-refractivity contribution is 0.0943. The molecule has 2 fully saturated rings. The molecule has 2 aromatic rings. The molecule has 2 aliphatic rings. The van der Waals surface area contributed by atoms with Crippen molar-refractivity contribution in [2.45, 2.75) is 57.4 Å². The quantitative estimate of drug-likeness (QED) is 0.406. The summed E-state index contributed by atoms with van der Waals surface area (Å²) in [4.78, 5) is 25.3. The van der Waals surface area contributed by atoms with Crippen LogP contribution in [-0.2, 0) is 0 Å². The Balaban J connectivity index is 0.000000194. The maximum atomic E-state index is 12.0. The van der Waals surface area contributed by atoms with Crippen LogP contribution in [0.15, 0.2) is 15.9 Å². The Morgan fingerprint density at radius 3 is 1.88 bits per heavy atom. The molecule has 0 aromatic carbocycles. The van der Waals surface area contributed by atoms with Gasteiger partial charge < -0.3 is 10.6 Å². The van der Waals surface area contributed by atoms with Crippen molar-refractivity contribution in [3.05, 3.63) is 41.7 Å². The van der Waals surface area contributed by atoms with Gasteiger partial charge in [0.25, 0.3) is 11.8 Å². The van der Waals surface area contributed by atoms with Gasteiger partial charge in [-0.3, -0.25) is 9.59 Å². The number of amides is 2. The summed E-state index contributed by atoms with van der Waals surface area (Å²) in [5, 5.41) is 23.7. The largest absolute Gasteiger partial charge is 0.349 e. The Morgan fingerprint density at radius 1 is 0.939 bits per heavy atom. The molecule has 2 aliphatic carbocycles. The van der Waals surface area contributed by atoms with Crippen molar-refractivity contribution in [2.75, 3.05) is 0 Å². The van der Waals surface area contributed by atoms with Crippen molar-refractivity contribution in [1.82, 2.24) is 10.6 Å². The first-order chi connectivity index (χ1) is 15.6. The highest BCUT2D eigenvalue weighted by Crippen LogP contribution is 2.28. The number of halogens is 1. The maximum Gasteiger partial charge on any atom is 0.253 e. The van der Waals surface area contributed by atoms with E-state index in [1.54, 1.807) is 12.1 Å². The van der Waals surface area contributed by atoms with Crippen molar-refractivity contribution in [1.29, 1.82) is 10.5 Å². The van der Waals surface area contributed by atoms with E-state index in [0.29, 0.717) is 33.0 Å². The molecule has 2 aromatic heterocycles. The molecule has 4 rings (SSSR count). The van der Waals surface area contributed by atoms with E-state index in [0.717, 1.165) is 34.3 Å². The van der Waals surface area contributed by atoms with Crippen molar-refractivity contribution in [2.24, 2.45) is 0 Å². The SMILES string of the molecule is C[Si](C)(C)C#Cc1cc(C(=O)NC2CC2)c(C#N)s1.N#Cc1sc(Br)cc1C(=O)NC1CC1. The van der Waals surface area contributed by atoms with E-state index in [1.807, 2.05) is 6.07 Å². The van der Waals surface area contributed by atoms with E-state index in [2.05, 4.69) is 63.7 Å². The molecule has 0 atom stereocenters. The van der Waals surface area contributed by atoms with Crippen molar-refractivity contribution in [3.8, 4) is 23.6 Å². The molecule has 0 saturated heterocycles. The minimum atomic E-state index is -1.44. The normalized spacial score (nSPS) is 14.5. The fraction of sp³-hybridized carbons (Fsp3) is 0.391. The first-order valence-corrected chi connectivity index (χ1v) is 16.4. The summed E-state index contributed by atoms with van der Waals surface area (Å²) in [5.74, 6) is 2.83. The Morgan fingerprint density at radius 2 is 1.42 bits per heavy atom. The fourth-order valence-electron chi connectivity index (χ4n) is 2.55. The molecule has 0 bridgehead atoms. The Hall–Kier alpha value is -2.42. The van der Waals surface area contributed by atoms with Gasteiger partial charge in [0.2, 0.25) is 0 Å². The molecule has 0 unspecified atom stereocenters. The summed E-state index contributed by atoms with van der Waals surface area (Å²) in [6, 6.07) is 8.17. The molecule has 0 radical (unpaired) electrons. The smallest absolute Gasteiger partial charge is 0.253 e. The minimum absolute atomic E-state index is 0.133. The molecule has 2 saturated carbocycles. The highest BCUT2D eigenvalue weighted by molar-refractivity contribution is 9.11. The van der Waals surface area contributed by atoms with Crippen LogP contribution < -0.4 is 10.6 Å². The Bertz CT molecular complexity index is 1210. The number of rotatable bonds is 4. The van der Waals surface area contributed by atoms with Crippen LogP contribution in [0.25, 0.3) is 0 Å². The van der Waals surface area contributed by atoms with Gasteiger partial charge in [0.1, 0.15) is 30.0 Å². The zero-order valence-corrected chi connectivity index (χ0v) is 22.8. The molecule has 0 spiro atoms. The standard InChI is InChI=1S/C14H16N2OSSi.C9H7BrN2OS/c1-19(2,3)7-6-11-8-12(13(9-15)18-11)14(17)16-10-4-5-10;10-8-3-6(7(4-11)14-8)9(13)12-5-1-2-5/h8,10H,4-5H2,1-3H3,(H,16,17);3,5H,1-2H2,(H,12,13). The Kier molecular flexibility index (Phi) is 8.15. The van der Waals surface area contributed by atoms with Crippen LogP contribution >= 0.6 is 38.6 Å². The van der Waals surface area contributed by atoms with Gasteiger partial charge in [-0.1, -0.05) is 25.6 Å². The van der Waals surface area contributed by atoms with Gasteiger partial charge in [0, 0.05) is 12.1 Å². The fourth-order valence-corrected chi connectivity index (χ4v) is 5.35. The topological polar surface area (TPSA) is 106 Å². The van der Waals surface area contributed by atoms with Crippen LogP contribution in [0.3, 0.4) is 0 Å². The van der Waals surface area contributed by atoms with E-state index in [-0.39, 0.29) is 11.8 Å². The van der Waals surface area contributed by atoms with Crippen LogP contribution in [0.5, 0.6) is 0 Å². The number of nitriles is 2. The van der Waals surface area contributed by atoms with Crippen molar-refractivity contribution >= 4 is 58.5 Å². The zero-order chi connectivity index (χ0) is 24.2. The van der Waals surface area contributed by atoms with Gasteiger partial charge >= 0.3 is 0 Å². The van der Waals surface area contributed by atoms with Gasteiger partial charge in [-0.15, -0.1) is 28.2 Å². The van der Waals surface area contributed by atoms with Crippen LogP contribution in [0.4, 0.5) is 0 Å². The lowest BCUT2D eigenvalue weighted by atomic mass is 10.2. The number of nitrogens with one attached hydrogen (secondary N) is 2. The summed E-state index contributed by atoms with van der Waals surface area (Å²) in [7, 11) is -1.44. The van der Waals surface area contributed by atoms with E-state index in [1.165, 1.54) is 22.7 Å². The number of carbonyl (C=O) groups is 2. The Labute approximate surface area is 211 Å². The van der Waals surface area contributed by atoms with Crippen LogP contribution in [0, 0.1) is 34.1 Å². The number of hydrogen-bond donors (Lipinski definition) is 2. The van der Waals surface area contributed by atoms with E-state index in [9.17, 15) is 9.59 Å². The third kappa shape index (κ3) is 7.84. The zero-order valence-electron chi connectivity index (χ0n) is 18.5. The van der Waals surface area contributed by atoms with Gasteiger partial charge in [0.05, 0.1) is 19.8 Å². The first-order valence-electron chi connectivity index (χ1n) is 10.5. The average Bonchev–Trinajstić information content (AvgIpc) is 3.67. The van der Waals surface area contributed by atoms with Gasteiger partial charge in [-0.2, -0.15) is 10.5 Å². The number of nitrogens with zero attached hydrogens (tertiary/aromatic N) is 2. The molecule has 33 heavy (non-hydrogen) atoms. The lowest BCUT2D eigenvalue weighted by Crippen LogP contribution is -2.25. The first kappa shape index (κ1) is 25.2. The molecule has 2 amide bonds. The average molecular weight is 560 g/mol. The van der Waals surface area contributed by atoms with Gasteiger partial charge in [0.15, 0.2) is 0 Å². The number of carbonyl (C=O) groups excluding carboxylic acids is 2. The monoisotopic (exact) mass is 558 g/mol. The third-order valence-corrected chi connectivity index (χ3v) is 7.89. The van der Waals surface area contributed by atoms with Crippen LogP contribution in [-0.4, -0.2) is 32.0 Å². The highest BCUT2D eigenvalue weighted by atomic mass is 79.9. The summed E-state index contributed by atoms with van der Waals surface area (Å²) in [6.45, 7) is 6.50.